The first-order chi connectivity index (χ1) is 9.01. The van der Waals surface area contributed by atoms with E-state index in [1.54, 1.807) is 26.0 Å². The van der Waals surface area contributed by atoms with Gasteiger partial charge in [-0.05, 0) is 26.0 Å². The van der Waals surface area contributed by atoms with Crippen molar-refractivity contribution in [2.24, 2.45) is 0 Å². The Morgan fingerprint density at radius 1 is 1.00 bits per heavy atom. The van der Waals surface area contributed by atoms with Gasteiger partial charge in [-0.25, -0.2) is 16.8 Å². The van der Waals surface area contributed by atoms with Crippen molar-refractivity contribution in [1.82, 2.24) is 18.4 Å². The molecule has 2 rings (SSSR count). The quantitative estimate of drug-likeness (QED) is 0.771. The monoisotopic (exact) mass is 320 g/mol. The summed E-state index contributed by atoms with van der Waals surface area (Å²) in [6.45, 7) is 3.43. The van der Waals surface area contributed by atoms with Crippen LogP contribution >= 0.6 is 0 Å². The van der Waals surface area contributed by atoms with Gasteiger partial charge in [0.2, 0.25) is 0 Å². The first-order valence-electron chi connectivity index (χ1n) is 5.46. The van der Waals surface area contributed by atoms with E-state index in [4.69, 9.17) is 0 Å². The molecule has 8 nitrogen and oxygen atoms in total. The minimum absolute atomic E-state index is 0.627. The average molecular weight is 320 g/mol. The zero-order chi connectivity index (χ0) is 15.6. The highest BCUT2D eigenvalue weighted by Gasteiger charge is 2.06. The third-order valence-electron chi connectivity index (χ3n) is 2.14. The van der Waals surface area contributed by atoms with Gasteiger partial charge in [-0.2, -0.15) is 18.4 Å². The van der Waals surface area contributed by atoms with Gasteiger partial charge in [0.25, 0.3) is 20.0 Å². The van der Waals surface area contributed by atoms with E-state index in [9.17, 15) is 16.8 Å². The zero-order valence-corrected chi connectivity index (χ0v) is 13.2. The summed E-state index contributed by atoms with van der Waals surface area (Å²) in [6.07, 6.45) is 5.10. The highest BCUT2D eigenvalue weighted by molar-refractivity contribution is 7.89. The molecule has 0 saturated carbocycles. The van der Waals surface area contributed by atoms with E-state index in [0.717, 1.165) is 20.7 Å². The Balaban J connectivity index is 0.000000200. The minimum atomic E-state index is -3.18. The van der Waals surface area contributed by atoms with Crippen LogP contribution in [0.4, 0.5) is 0 Å². The smallest absolute Gasteiger partial charge is 0.205 e. The second-order valence-electron chi connectivity index (χ2n) is 4.17. The van der Waals surface area contributed by atoms with Crippen LogP contribution in [-0.4, -0.2) is 47.7 Å². The van der Waals surface area contributed by atoms with Gasteiger partial charge < -0.3 is 0 Å². The second-order valence-corrected chi connectivity index (χ2v) is 7.82. The highest BCUT2D eigenvalue weighted by atomic mass is 32.2. The molecule has 0 aromatic carbocycles. The first kappa shape index (κ1) is 16.4. The molecule has 0 amide bonds. The minimum Gasteiger partial charge on any atom is -0.205 e. The average Bonchev–Trinajstić information content (AvgIpc) is 2.85. The summed E-state index contributed by atoms with van der Waals surface area (Å²) in [7, 11) is -6.36. The molecule has 0 radical (unpaired) electrons. The molecule has 2 heterocycles. The van der Waals surface area contributed by atoms with Gasteiger partial charge in [-0.3, -0.25) is 0 Å². The molecule has 112 valence electrons. The van der Waals surface area contributed by atoms with Crippen LogP contribution in [0.25, 0.3) is 0 Å². The summed E-state index contributed by atoms with van der Waals surface area (Å²) >= 11 is 0. The normalized spacial score (nSPS) is 11.8. The fraction of sp³-hybridized carbons (Fsp3) is 0.400. The van der Waals surface area contributed by atoms with Crippen molar-refractivity contribution < 1.29 is 16.8 Å². The lowest BCUT2D eigenvalue weighted by Gasteiger charge is -1.97. The summed E-state index contributed by atoms with van der Waals surface area (Å²) in [5.74, 6) is 0. The summed E-state index contributed by atoms with van der Waals surface area (Å²) < 4.78 is 45.1. The van der Waals surface area contributed by atoms with Crippen molar-refractivity contribution in [2.75, 3.05) is 12.5 Å². The van der Waals surface area contributed by atoms with Gasteiger partial charge >= 0.3 is 0 Å². The molecular formula is C10H16N4O4S2. The number of rotatable bonds is 2. The van der Waals surface area contributed by atoms with Gasteiger partial charge in [0.1, 0.15) is 0 Å². The molecule has 2 aromatic heterocycles. The number of aromatic nitrogens is 4. The predicted octanol–water partition coefficient (Wildman–Crippen LogP) is -0.00156. The molecule has 0 spiro atoms. The first-order valence-corrected chi connectivity index (χ1v) is 9.15. The lowest BCUT2D eigenvalue weighted by atomic mass is 10.5. The number of hydrogen-bond donors (Lipinski definition) is 0. The molecule has 0 aliphatic carbocycles. The summed E-state index contributed by atoms with van der Waals surface area (Å²) in [6, 6.07) is 3.28. The Morgan fingerprint density at radius 2 is 1.60 bits per heavy atom. The summed E-state index contributed by atoms with van der Waals surface area (Å²) in [5.41, 5.74) is 1.33. The van der Waals surface area contributed by atoms with Gasteiger partial charge in [-0.1, -0.05) is 0 Å². The van der Waals surface area contributed by atoms with Crippen LogP contribution in [0.3, 0.4) is 0 Å². The van der Waals surface area contributed by atoms with Gasteiger partial charge in [0.15, 0.2) is 0 Å². The van der Waals surface area contributed by atoms with Crippen LogP contribution in [-0.2, 0) is 20.0 Å². The van der Waals surface area contributed by atoms with Crippen molar-refractivity contribution in [3.05, 3.63) is 35.9 Å². The summed E-state index contributed by atoms with van der Waals surface area (Å²) in [5, 5.41) is 7.33. The van der Waals surface area contributed by atoms with E-state index < -0.39 is 20.0 Å². The van der Waals surface area contributed by atoms with Crippen molar-refractivity contribution in [3.8, 4) is 0 Å². The Labute approximate surface area is 118 Å². The molecule has 0 atom stereocenters. The van der Waals surface area contributed by atoms with Crippen LogP contribution in [0.15, 0.2) is 24.5 Å². The van der Waals surface area contributed by atoms with Crippen LogP contribution in [0.5, 0.6) is 0 Å². The van der Waals surface area contributed by atoms with E-state index in [1.807, 2.05) is 0 Å². The van der Waals surface area contributed by atoms with Gasteiger partial charge in [0.05, 0.1) is 30.1 Å². The molecule has 0 bridgehead atoms. The van der Waals surface area contributed by atoms with Crippen LogP contribution in [0.1, 0.15) is 11.4 Å². The number of nitrogens with zero attached hydrogens (tertiary/aromatic N) is 4. The second kappa shape index (κ2) is 5.75. The largest absolute Gasteiger partial charge is 0.251 e. The highest BCUT2D eigenvalue weighted by Crippen LogP contribution is 1.98. The fourth-order valence-electron chi connectivity index (χ4n) is 1.28. The molecule has 0 unspecified atom stereocenters. The molecule has 20 heavy (non-hydrogen) atoms. The number of aryl methyl sites for hydroxylation is 2. The van der Waals surface area contributed by atoms with Crippen LogP contribution in [0.2, 0.25) is 0 Å². The van der Waals surface area contributed by atoms with Crippen molar-refractivity contribution in [3.63, 3.8) is 0 Å². The van der Waals surface area contributed by atoms with Crippen molar-refractivity contribution >= 4 is 20.0 Å². The molecule has 0 N–H and O–H groups in total. The SMILES string of the molecule is Cc1ccn(S(C)(=O)=O)n1.Cc1ccnn1S(C)(=O)=O. The van der Waals surface area contributed by atoms with Gasteiger partial charge in [-0.15, -0.1) is 0 Å². The standard InChI is InChI=1S/2C5H8N2O2S/c1-5-3-4-7(6-5)10(2,8)9;1-5-3-4-6-7(5)10(2,8)9/h2*3-4H,1-2H3. The molecule has 0 saturated heterocycles. The Bertz CT molecular complexity index is 787. The van der Waals surface area contributed by atoms with Crippen LogP contribution in [0, 0.1) is 13.8 Å². The summed E-state index contributed by atoms with van der Waals surface area (Å²) in [4.78, 5) is 0. The third kappa shape index (κ3) is 4.46. The van der Waals surface area contributed by atoms with E-state index in [1.165, 1.54) is 12.4 Å². The molecular weight excluding hydrogens is 304 g/mol. The zero-order valence-electron chi connectivity index (χ0n) is 11.5. The van der Waals surface area contributed by atoms with Gasteiger partial charge in [0, 0.05) is 6.20 Å². The molecule has 0 fully saturated rings. The van der Waals surface area contributed by atoms with E-state index in [-0.39, 0.29) is 0 Å². The third-order valence-corrected chi connectivity index (χ3v) is 4.04. The Morgan fingerprint density at radius 3 is 1.80 bits per heavy atom. The molecule has 0 aliphatic rings. The van der Waals surface area contributed by atoms with Crippen LogP contribution < -0.4 is 0 Å². The maximum atomic E-state index is 10.8. The topological polar surface area (TPSA) is 104 Å². The maximum absolute atomic E-state index is 10.8. The lowest BCUT2D eigenvalue weighted by molar-refractivity contribution is 0.583. The number of hydrogen-bond acceptors (Lipinski definition) is 6. The Kier molecular flexibility index (Phi) is 4.71. The van der Waals surface area contributed by atoms with E-state index >= 15 is 0 Å². The predicted molar refractivity (Wildman–Crippen MR) is 74.4 cm³/mol. The Hall–Kier alpha value is -1.68. The van der Waals surface area contributed by atoms with E-state index in [0.29, 0.717) is 11.4 Å². The van der Waals surface area contributed by atoms with Crippen molar-refractivity contribution in [2.45, 2.75) is 13.8 Å². The lowest BCUT2D eigenvalue weighted by Crippen LogP contribution is -2.12. The molecule has 10 heteroatoms. The fourth-order valence-corrected chi connectivity index (χ4v) is 2.65. The van der Waals surface area contributed by atoms with E-state index in [2.05, 4.69) is 10.2 Å². The maximum Gasteiger partial charge on any atom is 0.251 e. The van der Waals surface area contributed by atoms with Crippen molar-refractivity contribution in [1.29, 1.82) is 0 Å². The molecule has 0 aliphatic heterocycles. The molecule has 2 aromatic rings.